The van der Waals surface area contributed by atoms with E-state index in [1.54, 1.807) is 0 Å². The van der Waals surface area contributed by atoms with Gasteiger partial charge in [0.15, 0.2) is 0 Å². The van der Waals surface area contributed by atoms with Crippen LogP contribution < -0.4 is 10.6 Å². The SMILES string of the molecule is CCCCC(=O)N[C@@H](CCC(=O)N1CCC(CCCC2CCNCC2)CC1)C(=O)O. The van der Waals surface area contributed by atoms with Crippen molar-refractivity contribution in [1.29, 1.82) is 0 Å². The summed E-state index contributed by atoms with van der Waals surface area (Å²) in [6.07, 6.45) is 10.9. The average molecular weight is 424 g/mol. The van der Waals surface area contributed by atoms with Crippen molar-refractivity contribution in [3.8, 4) is 0 Å². The Morgan fingerprint density at radius 3 is 2.23 bits per heavy atom. The Bertz CT molecular complexity index is 541. The highest BCUT2D eigenvalue weighted by Crippen LogP contribution is 2.26. The van der Waals surface area contributed by atoms with E-state index in [0.717, 1.165) is 57.8 Å². The van der Waals surface area contributed by atoms with E-state index in [4.69, 9.17) is 0 Å². The van der Waals surface area contributed by atoms with Gasteiger partial charge in [0.1, 0.15) is 6.04 Å². The lowest BCUT2D eigenvalue weighted by atomic mass is 9.87. The van der Waals surface area contributed by atoms with Gasteiger partial charge in [0.2, 0.25) is 11.8 Å². The lowest BCUT2D eigenvalue weighted by Crippen LogP contribution is -2.43. The number of unbranched alkanes of at least 4 members (excludes halogenated alkanes) is 1. The summed E-state index contributed by atoms with van der Waals surface area (Å²) in [7, 11) is 0. The third-order valence-corrected chi connectivity index (χ3v) is 6.69. The van der Waals surface area contributed by atoms with Crippen LogP contribution in [0.2, 0.25) is 0 Å². The molecule has 0 saturated carbocycles. The third-order valence-electron chi connectivity index (χ3n) is 6.69. The van der Waals surface area contributed by atoms with Gasteiger partial charge in [-0.2, -0.15) is 0 Å². The lowest BCUT2D eigenvalue weighted by Gasteiger charge is -2.32. The maximum Gasteiger partial charge on any atom is 0.326 e. The van der Waals surface area contributed by atoms with E-state index in [1.807, 2.05) is 11.8 Å². The Balaban J connectivity index is 1.62. The first-order valence-corrected chi connectivity index (χ1v) is 12.0. The Hall–Kier alpha value is -1.63. The first-order chi connectivity index (χ1) is 14.5. The second-order valence-electron chi connectivity index (χ2n) is 9.05. The van der Waals surface area contributed by atoms with E-state index >= 15 is 0 Å². The number of aliphatic carboxylic acids is 1. The number of hydrogen-bond acceptors (Lipinski definition) is 4. The quantitative estimate of drug-likeness (QED) is 0.448. The molecular formula is C23H41N3O4. The van der Waals surface area contributed by atoms with Gasteiger partial charge >= 0.3 is 5.97 Å². The number of piperidine rings is 2. The normalized spacial score (nSPS) is 19.4. The molecule has 0 unspecified atom stereocenters. The topological polar surface area (TPSA) is 98.7 Å². The molecule has 0 aromatic carbocycles. The summed E-state index contributed by atoms with van der Waals surface area (Å²) in [5.41, 5.74) is 0. The van der Waals surface area contributed by atoms with Crippen molar-refractivity contribution in [2.75, 3.05) is 26.2 Å². The van der Waals surface area contributed by atoms with Gasteiger partial charge in [-0.1, -0.05) is 32.6 Å². The van der Waals surface area contributed by atoms with E-state index in [0.29, 0.717) is 12.3 Å². The molecule has 0 spiro atoms. The van der Waals surface area contributed by atoms with Crippen molar-refractivity contribution in [3.05, 3.63) is 0 Å². The molecule has 7 nitrogen and oxygen atoms in total. The van der Waals surface area contributed by atoms with Crippen LogP contribution in [0.25, 0.3) is 0 Å². The van der Waals surface area contributed by atoms with Crippen LogP contribution in [-0.4, -0.2) is 60.0 Å². The number of nitrogens with zero attached hydrogens (tertiary/aromatic N) is 1. The summed E-state index contributed by atoms with van der Waals surface area (Å²) in [5, 5.41) is 15.3. The van der Waals surface area contributed by atoms with E-state index in [2.05, 4.69) is 10.6 Å². The van der Waals surface area contributed by atoms with Gasteiger partial charge in [-0.25, -0.2) is 4.79 Å². The number of amides is 2. The number of carboxylic acids is 1. The summed E-state index contributed by atoms with van der Waals surface area (Å²) in [4.78, 5) is 37.6. The third kappa shape index (κ3) is 9.02. The smallest absolute Gasteiger partial charge is 0.326 e. The number of nitrogens with one attached hydrogen (secondary N) is 2. The van der Waals surface area contributed by atoms with E-state index in [9.17, 15) is 19.5 Å². The zero-order valence-electron chi connectivity index (χ0n) is 18.7. The molecule has 2 aliphatic heterocycles. The van der Waals surface area contributed by atoms with Gasteiger partial charge < -0.3 is 20.6 Å². The number of rotatable bonds is 12. The van der Waals surface area contributed by atoms with Crippen molar-refractivity contribution in [1.82, 2.24) is 15.5 Å². The molecule has 2 amide bonds. The highest BCUT2D eigenvalue weighted by Gasteiger charge is 2.26. The van der Waals surface area contributed by atoms with Crippen molar-refractivity contribution in [2.45, 2.75) is 90.0 Å². The predicted molar refractivity (Wildman–Crippen MR) is 117 cm³/mol. The molecule has 2 rings (SSSR count). The van der Waals surface area contributed by atoms with Gasteiger partial charge in [0.25, 0.3) is 0 Å². The van der Waals surface area contributed by atoms with E-state index in [1.165, 1.54) is 32.1 Å². The van der Waals surface area contributed by atoms with Crippen molar-refractivity contribution in [2.24, 2.45) is 11.8 Å². The molecule has 7 heteroatoms. The highest BCUT2D eigenvalue weighted by molar-refractivity contribution is 5.84. The van der Waals surface area contributed by atoms with Crippen LogP contribution >= 0.6 is 0 Å². The zero-order valence-corrected chi connectivity index (χ0v) is 18.7. The number of carbonyl (C=O) groups excluding carboxylic acids is 2. The minimum absolute atomic E-state index is 0.0113. The van der Waals surface area contributed by atoms with Gasteiger partial charge in [0, 0.05) is 25.9 Å². The molecule has 0 radical (unpaired) electrons. The van der Waals surface area contributed by atoms with Crippen molar-refractivity contribution < 1.29 is 19.5 Å². The zero-order chi connectivity index (χ0) is 21.8. The monoisotopic (exact) mass is 423 g/mol. The maximum atomic E-state index is 12.5. The Kier molecular flexibility index (Phi) is 11.2. The molecular weight excluding hydrogens is 382 g/mol. The second-order valence-corrected chi connectivity index (χ2v) is 9.05. The van der Waals surface area contributed by atoms with Gasteiger partial charge in [-0.05, 0) is 63.5 Å². The molecule has 0 aliphatic carbocycles. The molecule has 0 bridgehead atoms. The standard InChI is InChI=1S/C23H41N3O4/c1-2-3-7-21(27)25-20(23(29)30)8-9-22(28)26-16-12-19(13-17-26)6-4-5-18-10-14-24-15-11-18/h18-20,24H,2-17H2,1H3,(H,25,27)(H,29,30)/t20-/m0/s1. The van der Waals surface area contributed by atoms with Crippen molar-refractivity contribution >= 4 is 17.8 Å². The largest absolute Gasteiger partial charge is 0.480 e. The fraction of sp³-hybridized carbons (Fsp3) is 0.870. The Morgan fingerprint density at radius 1 is 1.00 bits per heavy atom. The summed E-state index contributed by atoms with van der Waals surface area (Å²) < 4.78 is 0. The van der Waals surface area contributed by atoms with Gasteiger partial charge in [0.05, 0.1) is 0 Å². The van der Waals surface area contributed by atoms with Gasteiger partial charge in [-0.15, -0.1) is 0 Å². The van der Waals surface area contributed by atoms with Crippen LogP contribution in [-0.2, 0) is 14.4 Å². The van der Waals surface area contributed by atoms with Crippen LogP contribution in [0.5, 0.6) is 0 Å². The average Bonchev–Trinajstić information content (AvgIpc) is 2.76. The number of likely N-dealkylation sites (tertiary alicyclic amines) is 1. The predicted octanol–water partition coefficient (Wildman–Crippen LogP) is 2.93. The summed E-state index contributed by atoms with van der Waals surface area (Å²) in [5.74, 6) is 0.289. The first kappa shape index (κ1) is 24.6. The summed E-state index contributed by atoms with van der Waals surface area (Å²) >= 11 is 0. The number of hydrogen-bond donors (Lipinski definition) is 3. The van der Waals surface area contributed by atoms with Gasteiger partial charge in [-0.3, -0.25) is 9.59 Å². The van der Waals surface area contributed by atoms with E-state index < -0.39 is 12.0 Å². The molecule has 172 valence electrons. The van der Waals surface area contributed by atoms with Crippen LogP contribution in [0.1, 0.15) is 84.0 Å². The summed E-state index contributed by atoms with van der Waals surface area (Å²) in [6.45, 7) is 5.86. The molecule has 2 heterocycles. The fourth-order valence-corrected chi connectivity index (χ4v) is 4.62. The summed E-state index contributed by atoms with van der Waals surface area (Å²) in [6, 6.07) is -0.981. The van der Waals surface area contributed by atoms with Crippen LogP contribution in [0.15, 0.2) is 0 Å². The Morgan fingerprint density at radius 2 is 1.63 bits per heavy atom. The molecule has 30 heavy (non-hydrogen) atoms. The van der Waals surface area contributed by atoms with Crippen LogP contribution in [0.3, 0.4) is 0 Å². The molecule has 2 fully saturated rings. The van der Waals surface area contributed by atoms with Crippen molar-refractivity contribution in [3.63, 3.8) is 0 Å². The fourth-order valence-electron chi connectivity index (χ4n) is 4.62. The number of carbonyl (C=O) groups is 3. The molecule has 0 aromatic rings. The van der Waals surface area contributed by atoms with Crippen LogP contribution in [0, 0.1) is 11.8 Å². The van der Waals surface area contributed by atoms with E-state index in [-0.39, 0.29) is 24.7 Å². The minimum atomic E-state index is -1.07. The molecule has 1 atom stereocenters. The first-order valence-electron chi connectivity index (χ1n) is 12.0. The second kappa shape index (κ2) is 13.6. The molecule has 2 aliphatic rings. The minimum Gasteiger partial charge on any atom is -0.480 e. The lowest BCUT2D eigenvalue weighted by molar-refractivity contribution is -0.142. The highest BCUT2D eigenvalue weighted by atomic mass is 16.4. The molecule has 2 saturated heterocycles. The molecule has 3 N–H and O–H groups in total. The number of carboxylic acid groups (broad SMARTS) is 1. The van der Waals surface area contributed by atoms with Crippen LogP contribution in [0.4, 0.5) is 0 Å². The Labute approximate surface area is 181 Å². The maximum absolute atomic E-state index is 12.5. The molecule has 0 aromatic heterocycles.